The molecule has 0 fully saturated rings. The van der Waals surface area contributed by atoms with E-state index in [0.29, 0.717) is 5.75 Å². The van der Waals surface area contributed by atoms with Crippen LogP contribution in [0.25, 0.3) is 0 Å². The van der Waals surface area contributed by atoms with Crippen molar-refractivity contribution in [2.24, 2.45) is 0 Å². The lowest BCUT2D eigenvalue weighted by Gasteiger charge is -2.12. The van der Waals surface area contributed by atoms with Gasteiger partial charge in [-0.1, -0.05) is 13.0 Å². The molecule has 0 saturated carbocycles. The summed E-state index contributed by atoms with van der Waals surface area (Å²) in [5.41, 5.74) is -0.263. The Kier molecular flexibility index (Phi) is 3.84. The van der Waals surface area contributed by atoms with Gasteiger partial charge in [-0.2, -0.15) is 11.8 Å². The van der Waals surface area contributed by atoms with Gasteiger partial charge in [0.1, 0.15) is 5.56 Å². The van der Waals surface area contributed by atoms with Crippen LogP contribution in [-0.2, 0) is 0 Å². The molecule has 0 aromatic heterocycles. The zero-order valence-corrected chi connectivity index (χ0v) is 11.1. The number of hydrogen-bond donors (Lipinski definition) is 0. The van der Waals surface area contributed by atoms with E-state index in [0.717, 1.165) is 10.7 Å². The molecule has 2 amide bonds. The number of rotatable bonds is 5. The number of nitro groups is 1. The highest BCUT2D eigenvalue weighted by atomic mass is 32.2. The molecule has 0 atom stereocenters. The fourth-order valence-electron chi connectivity index (χ4n) is 1.97. The van der Waals surface area contributed by atoms with E-state index in [1.807, 2.05) is 6.92 Å². The van der Waals surface area contributed by atoms with Gasteiger partial charge in [0.25, 0.3) is 17.5 Å². The maximum Gasteiger partial charge on any atom is 0.282 e. The standard InChI is InChI=1S/C12H12N2O4S/c1-2-19-7-6-13-11(15)8-4-3-5-9(14(17)18)10(8)12(13)16/h3-5H,2,6-7H2,1H3. The van der Waals surface area contributed by atoms with E-state index in [-0.39, 0.29) is 23.4 Å². The van der Waals surface area contributed by atoms with E-state index in [9.17, 15) is 19.7 Å². The highest BCUT2D eigenvalue weighted by molar-refractivity contribution is 7.99. The van der Waals surface area contributed by atoms with Gasteiger partial charge in [-0.15, -0.1) is 0 Å². The molecule has 100 valence electrons. The van der Waals surface area contributed by atoms with Crippen molar-refractivity contribution < 1.29 is 14.5 Å². The lowest BCUT2D eigenvalue weighted by atomic mass is 10.1. The molecule has 1 aromatic carbocycles. The second-order valence-corrected chi connectivity index (χ2v) is 5.31. The van der Waals surface area contributed by atoms with Crippen LogP contribution in [0.15, 0.2) is 18.2 Å². The van der Waals surface area contributed by atoms with Crippen molar-refractivity contribution in [3.8, 4) is 0 Å². The second-order valence-electron chi connectivity index (χ2n) is 3.92. The quantitative estimate of drug-likeness (QED) is 0.356. The molecule has 1 aliphatic rings. The predicted molar refractivity (Wildman–Crippen MR) is 71.5 cm³/mol. The Hall–Kier alpha value is -1.89. The lowest BCUT2D eigenvalue weighted by molar-refractivity contribution is -0.385. The number of thioether (sulfide) groups is 1. The highest BCUT2D eigenvalue weighted by Gasteiger charge is 2.40. The van der Waals surface area contributed by atoms with Crippen molar-refractivity contribution in [2.45, 2.75) is 6.92 Å². The number of carbonyl (C=O) groups excluding carboxylic acids is 2. The molecule has 0 bridgehead atoms. The topological polar surface area (TPSA) is 80.5 Å². The van der Waals surface area contributed by atoms with Crippen LogP contribution in [0.1, 0.15) is 27.6 Å². The molecule has 0 radical (unpaired) electrons. The molecule has 1 heterocycles. The normalized spacial score (nSPS) is 13.8. The molecule has 19 heavy (non-hydrogen) atoms. The molecule has 1 aromatic rings. The fraction of sp³-hybridized carbons (Fsp3) is 0.333. The Bertz CT molecular complexity index is 559. The summed E-state index contributed by atoms with van der Waals surface area (Å²) in [4.78, 5) is 35.5. The second kappa shape index (κ2) is 5.40. The van der Waals surface area contributed by atoms with Crippen LogP contribution in [0.2, 0.25) is 0 Å². The summed E-state index contributed by atoms with van der Waals surface area (Å²) in [6.07, 6.45) is 0. The zero-order chi connectivity index (χ0) is 14.0. The van der Waals surface area contributed by atoms with Crippen LogP contribution in [0, 0.1) is 10.1 Å². The van der Waals surface area contributed by atoms with E-state index >= 15 is 0 Å². The van der Waals surface area contributed by atoms with Gasteiger partial charge in [-0.3, -0.25) is 24.6 Å². The summed E-state index contributed by atoms with van der Waals surface area (Å²) in [5.74, 6) is 0.517. The first-order valence-corrected chi connectivity index (χ1v) is 6.94. The number of fused-ring (bicyclic) bond motifs is 1. The number of hydrogen-bond acceptors (Lipinski definition) is 5. The Labute approximate surface area is 113 Å². The zero-order valence-electron chi connectivity index (χ0n) is 10.3. The summed E-state index contributed by atoms with van der Waals surface area (Å²) in [5, 5.41) is 10.9. The molecule has 0 unspecified atom stereocenters. The first-order valence-electron chi connectivity index (χ1n) is 5.79. The summed E-state index contributed by atoms with van der Waals surface area (Å²) < 4.78 is 0. The average Bonchev–Trinajstić information content (AvgIpc) is 2.64. The third-order valence-electron chi connectivity index (χ3n) is 2.84. The van der Waals surface area contributed by atoms with Crippen LogP contribution >= 0.6 is 11.8 Å². The van der Waals surface area contributed by atoms with Crippen molar-refractivity contribution in [1.29, 1.82) is 0 Å². The highest BCUT2D eigenvalue weighted by Crippen LogP contribution is 2.30. The number of nitro benzene ring substituents is 1. The van der Waals surface area contributed by atoms with Gasteiger partial charge in [-0.05, 0) is 11.8 Å². The molecule has 0 saturated heterocycles. The third kappa shape index (κ3) is 2.33. The van der Waals surface area contributed by atoms with Gasteiger partial charge in [0.15, 0.2) is 0 Å². The minimum atomic E-state index is -0.631. The SMILES string of the molecule is CCSCCN1C(=O)c2cccc([N+](=O)[O-])c2C1=O. The first kappa shape index (κ1) is 13.5. The van der Waals surface area contributed by atoms with Crippen LogP contribution < -0.4 is 0 Å². The minimum absolute atomic E-state index is 0.0843. The number of amides is 2. The third-order valence-corrected chi connectivity index (χ3v) is 3.72. The van der Waals surface area contributed by atoms with E-state index in [2.05, 4.69) is 0 Å². The lowest BCUT2D eigenvalue weighted by Crippen LogP contribution is -2.32. The largest absolute Gasteiger partial charge is 0.282 e. The first-order chi connectivity index (χ1) is 9.07. The molecule has 0 aliphatic carbocycles. The van der Waals surface area contributed by atoms with Gasteiger partial charge < -0.3 is 0 Å². The average molecular weight is 280 g/mol. The molecule has 1 aliphatic heterocycles. The van der Waals surface area contributed by atoms with Crippen LogP contribution in [0.4, 0.5) is 5.69 Å². The van der Waals surface area contributed by atoms with Crippen LogP contribution in [0.5, 0.6) is 0 Å². The number of benzene rings is 1. The van der Waals surface area contributed by atoms with Gasteiger partial charge in [0, 0.05) is 18.4 Å². The van der Waals surface area contributed by atoms with E-state index in [1.165, 1.54) is 18.2 Å². The smallest absolute Gasteiger partial charge is 0.273 e. The van der Waals surface area contributed by atoms with E-state index in [1.54, 1.807) is 11.8 Å². The summed E-state index contributed by atoms with van der Waals surface area (Å²) in [6.45, 7) is 2.26. The van der Waals surface area contributed by atoms with E-state index in [4.69, 9.17) is 0 Å². The Morgan fingerprint density at radius 2 is 2.05 bits per heavy atom. The van der Waals surface area contributed by atoms with Crippen molar-refractivity contribution in [2.75, 3.05) is 18.1 Å². The van der Waals surface area contributed by atoms with Crippen molar-refractivity contribution in [1.82, 2.24) is 4.90 Å². The molecule has 6 nitrogen and oxygen atoms in total. The predicted octanol–water partition coefficient (Wildman–Crippen LogP) is 1.94. The van der Waals surface area contributed by atoms with Crippen LogP contribution in [-0.4, -0.2) is 39.7 Å². The van der Waals surface area contributed by atoms with Gasteiger partial charge in [-0.25, -0.2) is 0 Å². The number of nitrogens with zero attached hydrogens (tertiary/aromatic N) is 2. The van der Waals surface area contributed by atoms with E-state index < -0.39 is 16.7 Å². The Morgan fingerprint density at radius 1 is 1.32 bits per heavy atom. The van der Waals surface area contributed by atoms with Gasteiger partial charge >= 0.3 is 0 Å². The number of imide groups is 1. The number of carbonyl (C=O) groups is 2. The molecule has 7 heteroatoms. The molecule has 0 spiro atoms. The molecular weight excluding hydrogens is 268 g/mol. The summed E-state index contributed by atoms with van der Waals surface area (Å²) in [7, 11) is 0. The summed E-state index contributed by atoms with van der Waals surface area (Å²) >= 11 is 1.61. The minimum Gasteiger partial charge on any atom is -0.273 e. The fourth-order valence-corrected chi connectivity index (χ4v) is 2.57. The molecule has 2 rings (SSSR count). The van der Waals surface area contributed by atoms with Crippen molar-refractivity contribution >= 4 is 29.3 Å². The maximum atomic E-state index is 12.1. The molecule has 0 N–H and O–H groups in total. The monoisotopic (exact) mass is 280 g/mol. The van der Waals surface area contributed by atoms with Crippen molar-refractivity contribution in [3.63, 3.8) is 0 Å². The van der Waals surface area contributed by atoms with Crippen LogP contribution in [0.3, 0.4) is 0 Å². The van der Waals surface area contributed by atoms with Gasteiger partial charge in [0.05, 0.1) is 10.5 Å². The molecular formula is C12H12N2O4S. The van der Waals surface area contributed by atoms with Gasteiger partial charge in [0.2, 0.25) is 0 Å². The maximum absolute atomic E-state index is 12.1. The van der Waals surface area contributed by atoms with Crippen molar-refractivity contribution in [3.05, 3.63) is 39.4 Å². The summed E-state index contributed by atoms with van der Waals surface area (Å²) in [6, 6.07) is 4.12. The Morgan fingerprint density at radius 3 is 2.68 bits per heavy atom. The Balaban J connectivity index is 2.33.